The largest absolute Gasteiger partial charge is 0.482 e. The van der Waals surface area contributed by atoms with Gasteiger partial charge in [-0.05, 0) is 48.4 Å². The SMILES string of the molecule is COC(=O)COc1cccc(/C=N\NC(=O)CN(c2ccccc2C)S(=O)(=O)c2ccccc2)c1. The van der Waals surface area contributed by atoms with Crippen molar-refractivity contribution in [2.45, 2.75) is 11.8 Å². The molecule has 3 aromatic carbocycles. The molecule has 0 aromatic heterocycles. The van der Waals surface area contributed by atoms with Gasteiger partial charge in [0, 0.05) is 0 Å². The van der Waals surface area contributed by atoms with Crippen LogP contribution in [0.1, 0.15) is 11.1 Å². The van der Waals surface area contributed by atoms with Gasteiger partial charge in [-0.25, -0.2) is 18.6 Å². The molecule has 1 amide bonds. The number of aryl methyl sites for hydroxylation is 1. The molecule has 0 heterocycles. The van der Waals surface area contributed by atoms with Crippen molar-refractivity contribution >= 4 is 33.8 Å². The molecule has 0 unspecified atom stereocenters. The number of nitrogens with one attached hydrogen (secondary N) is 1. The molecule has 0 saturated carbocycles. The van der Waals surface area contributed by atoms with E-state index in [0.29, 0.717) is 22.6 Å². The maximum Gasteiger partial charge on any atom is 0.343 e. The highest BCUT2D eigenvalue weighted by molar-refractivity contribution is 7.92. The molecule has 10 heteroatoms. The second-order valence-corrected chi connectivity index (χ2v) is 9.20. The van der Waals surface area contributed by atoms with Gasteiger partial charge in [0.05, 0.1) is 23.9 Å². The van der Waals surface area contributed by atoms with E-state index in [0.717, 1.165) is 4.31 Å². The second kappa shape index (κ2) is 11.8. The van der Waals surface area contributed by atoms with Crippen molar-refractivity contribution in [2.24, 2.45) is 5.10 Å². The number of ether oxygens (including phenoxy) is 2. The van der Waals surface area contributed by atoms with E-state index < -0.39 is 28.4 Å². The van der Waals surface area contributed by atoms with E-state index in [1.165, 1.54) is 25.5 Å². The third kappa shape index (κ3) is 6.90. The van der Waals surface area contributed by atoms with Gasteiger partial charge in [-0.15, -0.1) is 0 Å². The van der Waals surface area contributed by atoms with Crippen molar-refractivity contribution in [3.8, 4) is 5.75 Å². The quantitative estimate of drug-likeness (QED) is 0.263. The van der Waals surface area contributed by atoms with Gasteiger partial charge in [0.15, 0.2) is 6.61 Å². The molecule has 3 aromatic rings. The van der Waals surface area contributed by atoms with Crippen LogP contribution in [0, 0.1) is 6.92 Å². The van der Waals surface area contributed by atoms with Crippen molar-refractivity contribution in [1.29, 1.82) is 0 Å². The molecule has 0 atom stereocenters. The molecule has 0 aliphatic carbocycles. The number of anilines is 1. The fourth-order valence-corrected chi connectivity index (χ4v) is 4.60. The highest BCUT2D eigenvalue weighted by atomic mass is 32.2. The summed E-state index contributed by atoms with van der Waals surface area (Å²) < 4.78 is 37.6. The summed E-state index contributed by atoms with van der Waals surface area (Å²) in [6.45, 7) is 1.06. The number of methoxy groups -OCH3 is 1. The highest BCUT2D eigenvalue weighted by Crippen LogP contribution is 2.26. The molecule has 0 fully saturated rings. The number of carbonyl (C=O) groups excluding carboxylic acids is 2. The average molecular weight is 496 g/mol. The standard InChI is InChI=1S/C25H25N3O6S/c1-19-9-6-7-14-23(19)28(35(31,32)22-12-4-3-5-13-22)17-24(29)27-26-16-20-10-8-11-21(15-20)34-18-25(30)33-2/h3-16H,17-18H2,1-2H3,(H,27,29)/b26-16-. The van der Waals surface area contributed by atoms with Gasteiger partial charge < -0.3 is 9.47 Å². The van der Waals surface area contributed by atoms with Crippen LogP contribution in [0.5, 0.6) is 5.75 Å². The van der Waals surface area contributed by atoms with E-state index in [1.54, 1.807) is 73.7 Å². The maximum absolute atomic E-state index is 13.3. The molecule has 0 bridgehead atoms. The summed E-state index contributed by atoms with van der Waals surface area (Å²) in [5.41, 5.74) is 4.06. The molecule has 0 spiro atoms. The Morgan fingerprint density at radius 1 is 1.00 bits per heavy atom. The highest BCUT2D eigenvalue weighted by Gasteiger charge is 2.27. The van der Waals surface area contributed by atoms with Crippen LogP contribution in [-0.4, -0.2) is 46.8 Å². The van der Waals surface area contributed by atoms with Crippen molar-refractivity contribution in [2.75, 3.05) is 24.6 Å². The molecule has 1 N–H and O–H groups in total. The number of sulfonamides is 1. The summed E-state index contributed by atoms with van der Waals surface area (Å²) in [6, 6.07) is 21.5. The van der Waals surface area contributed by atoms with E-state index in [1.807, 2.05) is 0 Å². The summed E-state index contributed by atoms with van der Waals surface area (Å²) in [7, 11) is -2.74. The molecular formula is C25H25N3O6S. The Labute approximate surface area is 204 Å². The number of esters is 1. The van der Waals surface area contributed by atoms with Crippen LogP contribution in [0.4, 0.5) is 5.69 Å². The Kier molecular flexibility index (Phi) is 8.58. The first-order valence-corrected chi connectivity index (χ1v) is 12.0. The Balaban J connectivity index is 1.74. The van der Waals surface area contributed by atoms with E-state index in [-0.39, 0.29) is 11.5 Å². The Morgan fingerprint density at radius 2 is 1.71 bits per heavy atom. The first-order chi connectivity index (χ1) is 16.8. The minimum atomic E-state index is -4.00. The Morgan fingerprint density at radius 3 is 2.43 bits per heavy atom. The van der Waals surface area contributed by atoms with Crippen molar-refractivity contribution in [3.63, 3.8) is 0 Å². The molecule has 0 saturated heterocycles. The predicted octanol–water partition coefficient (Wildman–Crippen LogP) is 2.89. The summed E-state index contributed by atoms with van der Waals surface area (Å²) in [4.78, 5) is 24.0. The van der Waals surface area contributed by atoms with Gasteiger partial charge in [0.1, 0.15) is 12.3 Å². The van der Waals surface area contributed by atoms with E-state index >= 15 is 0 Å². The zero-order chi connectivity index (χ0) is 25.3. The zero-order valence-electron chi connectivity index (χ0n) is 19.2. The summed E-state index contributed by atoms with van der Waals surface area (Å²) in [5.74, 6) is -0.715. The molecule has 35 heavy (non-hydrogen) atoms. The minimum Gasteiger partial charge on any atom is -0.482 e. The lowest BCUT2D eigenvalue weighted by atomic mass is 10.2. The van der Waals surface area contributed by atoms with Gasteiger partial charge in [0.25, 0.3) is 15.9 Å². The lowest BCUT2D eigenvalue weighted by Crippen LogP contribution is -2.40. The van der Waals surface area contributed by atoms with Gasteiger partial charge in [-0.3, -0.25) is 9.10 Å². The van der Waals surface area contributed by atoms with E-state index in [2.05, 4.69) is 15.3 Å². The number of carbonyl (C=O) groups is 2. The van der Waals surface area contributed by atoms with Crippen LogP contribution < -0.4 is 14.5 Å². The minimum absolute atomic E-state index is 0.0725. The number of hydrazone groups is 1. The molecule has 0 aliphatic rings. The molecule has 0 radical (unpaired) electrons. The van der Waals surface area contributed by atoms with E-state index in [9.17, 15) is 18.0 Å². The lowest BCUT2D eigenvalue weighted by Gasteiger charge is -2.25. The number of nitrogens with zero attached hydrogens (tertiary/aromatic N) is 2. The van der Waals surface area contributed by atoms with Gasteiger partial charge in [-0.2, -0.15) is 5.10 Å². The molecular weight excluding hydrogens is 470 g/mol. The third-order valence-electron chi connectivity index (χ3n) is 4.85. The smallest absolute Gasteiger partial charge is 0.343 e. The van der Waals surface area contributed by atoms with Gasteiger partial charge >= 0.3 is 5.97 Å². The van der Waals surface area contributed by atoms with E-state index in [4.69, 9.17) is 4.74 Å². The predicted molar refractivity (Wildman–Crippen MR) is 132 cm³/mol. The lowest BCUT2D eigenvalue weighted by molar-refractivity contribution is -0.142. The topological polar surface area (TPSA) is 114 Å². The molecule has 0 aliphatic heterocycles. The number of para-hydroxylation sites is 1. The Bertz CT molecular complexity index is 1310. The van der Waals surface area contributed by atoms with Crippen molar-refractivity contribution in [1.82, 2.24) is 5.43 Å². The number of amides is 1. The first-order valence-electron chi connectivity index (χ1n) is 10.6. The number of benzene rings is 3. The summed E-state index contributed by atoms with van der Waals surface area (Å²) >= 11 is 0. The van der Waals surface area contributed by atoms with Crippen LogP contribution in [-0.2, 0) is 24.3 Å². The second-order valence-electron chi connectivity index (χ2n) is 7.34. The van der Waals surface area contributed by atoms with Crippen molar-refractivity contribution in [3.05, 3.63) is 90.0 Å². The van der Waals surface area contributed by atoms with Crippen LogP contribution in [0.3, 0.4) is 0 Å². The normalized spacial score (nSPS) is 11.1. The fourth-order valence-electron chi connectivity index (χ4n) is 3.09. The molecule has 3 rings (SSSR count). The monoisotopic (exact) mass is 495 g/mol. The average Bonchev–Trinajstić information content (AvgIpc) is 2.87. The first kappa shape index (κ1) is 25.4. The third-order valence-corrected chi connectivity index (χ3v) is 6.62. The van der Waals surface area contributed by atoms with Crippen LogP contribution in [0.15, 0.2) is 88.9 Å². The van der Waals surface area contributed by atoms with Gasteiger partial charge in [0.2, 0.25) is 0 Å². The van der Waals surface area contributed by atoms with Crippen LogP contribution >= 0.6 is 0 Å². The fraction of sp³-hybridized carbons (Fsp3) is 0.160. The summed E-state index contributed by atoms with van der Waals surface area (Å²) in [6.07, 6.45) is 1.38. The van der Waals surface area contributed by atoms with Gasteiger partial charge in [-0.1, -0.05) is 48.5 Å². The molecule has 9 nitrogen and oxygen atoms in total. The zero-order valence-corrected chi connectivity index (χ0v) is 20.1. The maximum atomic E-state index is 13.3. The van der Waals surface area contributed by atoms with Crippen LogP contribution in [0.2, 0.25) is 0 Å². The number of hydrogen-bond acceptors (Lipinski definition) is 7. The van der Waals surface area contributed by atoms with Crippen LogP contribution in [0.25, 0.3) is 0 Å². The number of hydrogen-bond donors (Lipinski definition) is 1. The van der Waals surface area contributed by atoms with Crippen molar-refractivity contribution < 1.29 is 27.5 Å². The Hall–Kier alpha value is -4.18. The summed E-state index contributed by atoms with van der Waals surface area (Å²) in [5, 5.41) is 3.92. The number of rotatable bonds is 10. The molecule has 182 valence electrons.